The molecule has 1 fully saturated rings. The third kappa shape index (κ3) is 3.15. The van der Waals surface area contributed by atoms with E-state index in [0.717, 1.165) is 11.4 Å². The number of ether oxygens (including phenoxy) is 1. The fourth-order valence-corrected chi connectivity index (χ4v) is 4.30. The molecule has 0 unspecified atom stereocenters. The van der Waals surface area contributed by atoms with Gasteiger partial charge in [0.25, 0.3) is 5.91 Å². The van der Waals surface area contributed by atoms with Crippen LogP contribution in [0.15, 0.2) is 16.0 Å². The number of hydrogen-bond donors (Lipinski definition) is 1. The quantitative estimate of drug-likeness (QED) is 0.893. The Balaban J connectivity index is 1.96. The van der Waals surface area contributed by atoms with Crippen molar-refractivity contribution in [2.24, 2.45) is 10.5 Å². The average molecular weight is 364 g/mol. The first-order valence-electron chi connectivity index (χ1n) is 8.52. The number of fused-ring (bicyclic) bond motifs is 1. The summed E-state index contributed by atoms with van der Waals surface area (Å²) in [7, 11) is 0. The molecule has 2 amide bonds. The number of amides is 2. The minimum Gasteiger partial charge on any atom is -0.444 e. The second-order valence-corrected chi connectivity index (χ2v) is 8.19. The minimum absolute atomic E-state index is 0.157. The summed E-state index contributed by atoms with van der Waals surface area (Å²) in [6.07, 6.45) is 1.25. The van der Waals surface area contributed by atoms with E-state index in [0.29, 0.717) is 25.8 Å². The number of rotatable bonds is 3. The molecule has 1 aromatic heterocycles. The average Bonchev–Trinajstić information content (AvgIpc) is 3.14. The van der Waals surface area contributed by atoms with E-state index < -0.39 is 11.0 Å². The van der Waals surface area contributed by atoms with Gasteiger partial charge in [-0.2, -0.15) is 5.10 Å². The Bertz CT molecular complexity index is 695. The summed E-state index contributed by atoms with van der Waals surface area (Å²) >= 11 is 1.50. The summed E-state index contributed by atoms with van der Waals surface area (Å²) in [5, 5.41) is 6.21. The molecule has 2 aliphatic rings. The summed E-state index contributed by atoms with van der Waals surface area (Å²) in [6.45, 7) is 8.02. The van der Waals surface area contributed by atoms with Crippen LogP contribution in [0.5, 0.6) is 0 Å². The third-order valence-electron chi connectivity index (χ3n) is 4.71. The van der Waals surface area contributed by atoms with Gasteiger partial charge in [-0.3, -0.25) is 4.79 Å². The number of carbonyl (C=O) groups excluding carboxylic acids is 2. The fraction of sp³-hybridized carbons (Fsp3) is 0.647. The number of piperidine rings is 1. The highest BCUT2D eigenvalue weighted by atomic mass is 32.1. The lowest BCUT2D eigenvalue weighted by Crippen LogP contribution is -2.62. The first-order chi connectivity index (χ1) is 11.8. The zero-order valence-corrected chi connectivity index (χ0v) is 15.9. The predicted octanol–water partition coefficient (Wildman–Crippen LogP) is 2.58. The summed E-state index contributed by atoms with van der Waals surface area (Å²) in [5.74, 6) is -0.157. The highest BCUT2D eigenvalue weighted by Gasteiger charge is 2.58. The molecule has 3 rings (SSSR count). The van der Waals surface area contributed by atoms with Crippen LogP contribution in [-0.2, 0) is 16.0 Å². The zero-order chi connectivity index (χ0) is 18.2. The maximum atomic E-state index is 12.9. The van der Waals surface area contributed by atoms with Crippen LogP contribution in [0.25, 0.3) is 0 Å². The summed E-state index contributed by atoms with van der Waals surface area (Å²) < 4.78 is 5.58. The summed E-state index contributed by atoms with van der Waals surface area (Å²) in [5.41, 5.74) is 4.61. The van der Waals surface area contributed by atoms with E-state index in [2.05, 4.69) is 15.5 Å². The molecule has 1 aromatic rings. The molecule has 136 valence electrons. The maximum Gasteiger partial charge on any atom is 0.410 e. The number of likely N-dealkylation sites (tertiary alicyclic amines) is 1. The number of aromatic nitrogens is 1. The highest BCUT2D eigenvalue weighted by Crippen LogP contribution is 2.42. The monoisotopic (exact) mass is 364 g/mol. The van der Waals surface area contributed by atoms with Crippen molar-refractivity contribution in [3.8, 4) is 0 Å². The van der Waals surface area contributed by atoms with Gasteiger partial charge >= 0.3 is 6.09 Å². The molecule has 3 heterocycles. The van der Waals surface area contributed by atoms with Crippen molar-refractivity contribution in [3.63, 3.8) is 0 Å². The molecule has 0 aliphatic carbocycles. The van der Waals surface area contributed by atoms with Crippen molar-refractivity contribution in [1.82, 2.24) is 15.3 Å². The zero-order valence-electron chi connectivity index (χ0n) is 15.0. The summed E-state index contributed by atoms with van der Waals surface area (Å²) in [6, 6.07) is -0.306. The smallest absolute Gasteiger partial charge is 0.410 e. The van der Waals surface area contributed by atoms with Crippen LogP contribution in [0.2, 0.25) is 0 Å². The van der Waals surface area contributed by atoms with Gasteiger partial charge in [0.15, 0.2) is 0 Å². The Hall–Kier alpha value is -1.96. The molecular formula is C17H24N4O3S. The lowest BCUT2D eigenvalue weighted by atomic mass is 9.67. The van der Waals surface area contributed by atoms with Crippen molar-refractivity contribution in [2.45, 2.75) is 58.6 Å². The van der Waals surface area contributed by atoms with Crippen molar-refractivity contribution in [3.05, 3.63) is 16.6 Å². The Morgan fingerprint density at radius 3 is 2.88 bits per heavy atom. The molecule has 0 bridgehead atoms. The van der Waals surface area contributed by atoms with Crippen LogP contribution in [0.3, 0.4) is 0 Å². The van der Waals surface area contributed by atoms with E-state index in [9.17, 15) is 9.59 Å². The summed E-state index contributed by atoms with van der Waals surface area (Å²) in [4.78, 5) is 31.6. The minimum atomic E-state index is -0.863. The van der Waals surface area contributed by atoms with Crippen molar-refractivity contribution in [1.29, 1.82) is 0 Å². The topological polar surface area (TPSA) is 83.9 Å². The van der Waals surface area contributed by atoms with Crippen molar-refractivity contribution < 1.29 is 14.3 Å². The molecule has 1 saturated heterocycles. The second-order valence-electron chi connectivity index (χ2n) is 7.48. The Morgan fingerprint density at radius 1 is 1.52 bits per heavy atom. The molecule has 0 aromatic carbocycles. The van der Waals surface area contributed by atoms with Crippen LogP contribution in [-0.4, -0.2) is 45.8 Å². The van der Waals surface area contributed by atoms with Crippen LogP contribution >= 0.6 is 11.3 Å². The maximum absolute atomic E-state index is 12.9. The lowest BCUT2D eigenvalue weighted by Gasteiger charge is -2.46. The molecule has 0 radical (unpaired) electrons. The van der Waals surface area contributed by atoms with E-state index in [1.807, 2.05) is 33.1 Å². The van der Waals surface area contributed by atoms with E-state index in [1.54, 1.807) is 10.4 Å². The van der Waals surface area contributed by atoms with Gasteiger partial charge in [0.1, 0.15) is 11.0 Å². The van der Waals surface area contributed by atoms with Crippen LogP contribution < -0.4 is 5.43 Å². The van der Waals surface area contributed by atoms with Gasteiger partial charge in [0.05, 0.1) is 23.0 Å². The molecule has 7 nitrogen and oxygen atoms in total. The number of thiazole rings is 1. The SMILES string of the molecule is CC[C@H]1N(C(=O)OC(C)(C)C)CCC2=NNC(=O)[C@]21Cc1cscn1. The van der Waals surface area contributed by atoms with E-state index in [1.165, 1.54) is 11.3 Å². The fourth-order valence-electron chi connectivity index (χ4n) is 3.74. The van der Waals surface area contributed by atoms with Gasteiger partial charge in [-0.05, 0) is 27.2 Å². The number of hydrazone groups is 1. The van der Waals surface area contributed by atoms with Gasteiger partial charge in [-0.15, -0.1) is 11.3 Å². The van der Waals surface area contributed by atoms with Crippen LogP contribution in [0.4, 0.5) is 4.79 Å². The van der Waals surface area contributed by atoms with Gasteiger partial charge in [0, 0.05) is 24.8 Å². The van der Waals surface area contributed by atoms with E-state index in [4.69, 9.17) is 4.74 Å². The molecule has 8 heteroatoms. The van der Waals surface area contributed by atoms with Gasteiger partial charge in [-0.1, -0.05) is 6.92 Å². The molecule has 0 saturated carbocycles. The Labute approximate surface area is 151 Å². The first kappa shape index (κ1) is 17.8. The molecule has 2 atom stereocenters. The molecule has 0 spiro atoms. The Morgan fingerprint density at radius 2 is 2.28 bits per heavy atom. The van der Waals surface area contributed by atoms with Crippen LogP contribution in [0.1, 0.15) is 46.2 Å². The Kier molecular flexibility index (Phi) is 4.57. The van der Waals surface area contributed by atoms with Gasteiger partial charge in [-0.25, -0.2) is 15.2 Å². The van der Waals surface area contributed by atoms with Crippen molar-refractivity contribution in [2.75, 3.05) is 6.54 Å². The van der Waals surface area contributed by atoms with Crippen LogP contribution in [0, 0.1) is 5.41 Å². The number of nitrogens with one attached hydrogen (secondary N) is 1. The predicted molar refractivity (Wildman–Crippen MR) is 95.5 cm³/mol. The first-order valence-corrected chi connectivity index (χ1v) is 9.46. The third-order valence-corrected chi connectivity index (χ3v) is 5.34. The standard InChI is InChI=1S/C17H24N4O3S/c1-5-13-17(8-11-9-25-10-18-11)12(19-20-14(17)22)6-7-21(13)15(23)24-16(2,3)4/h9-10,13H,5-8H2,1-4H3,(H,20,22)/t13-,17-/m1/s1. The molecule has 25 heavy (non-hydrogen) atoms. The second kappa shape index (κ2) is 6.40. The molecule has 1 N–H and O–H groups in total. The number of hydrogen-bond acceptors (Lipinski definition) is 6. The number of nitrogens with zero attached hydrogens (tertiary/aromatic N) is 3. The normalized spacial score (nSPS) is 26.1. The van der Waals surface area contributed by atoms with E-state index in [-0.39, 0.29) is 18.0 Å². The highest BCUT2D eigenvalue weighted by molar-refractivity contribution is 7.07. The number of carbonyl (C=O) groups is 2. The molecular weight excluding hydrogens is 340 g/mol. The van der Waals surface area contributed by atoms with Gasteiger partial charge < -0.3 is 9.64 Å². The van der Waals surface area contributed by atoms with Gasteiger partial charge in [0.2, 0.25) is 0 Å². The molecule has 2 aliphatic heterocycles. The van der Waals surface area contributed by atoms with E-state index >= 15 is 0 Å². The lowest BCUT2D eigenvalue weighted by molar-refractivity contribution is -0.129. The largest absolute Gasteiger partial charge is 0.444 e. The van der Waals surface area contributed by atoms with Crippen molar-refractivity contribution >= 4 is 29.0 Å².